The Bertz CT molecular complexity index is 488. The van der Waals surface area contributed by atoms with E-state index in [2.05, 4.69) is 0 Å². The van der Waals surface area contributed by atoms with Crippen LogP contribution in [0.15, 0.2) is 23.1 Å². The van der Waals surface area contributed by atoms with E-state index in [0.29, 0.717) is 6.07 Å². The molecule has 1 aromatic carbocycles. The van der Waals surface area contributed by atoms with Gasteiger partial charge in [-0.3, -0.25) is 10.1 Å². The standard InChI is InChI=1S/C6H4ClNO5S.Li/c7-5-2-1-4(14(11,12)13)3-6(5)8(9)10;/h1-3H,(H,11,12,13);/q;+1/p-1. The molecule has 1 rings (SSSR count). The van der Waals surface area contributed by atoms with Gasteiger partial charge < -0.3 is 4.55 Å². The van der Waals surface area contributed by atoms with E-state index in [0.717, 1.165) is 12.1 Å². The molecule has 76 valence electrons. The average Bonchev–Trinajstić information content (AvgIpc) is 2.02. The third kappa shape index (κ3) is 3.48. The summed E-state index contributed by atoms with van der Waals surface area (Å²) in [5.41, 5.74) is -0.608. The summed E-state index contributed by atoms with van der Waals surface area (Å²) in [4.78, 5) is 8.79. The number of rotatable bonds is 2. The molecule has 15 heavy (non-hydrogen) atoms. The molecule has 6 nitrogen and oxygen atoms in total. The van der Waals surface area contributed by atoms with Crippen LogP contribution in [0.1, 0.15) is 0 Å². The van der Waals surface area contributed by atoms with Crippen molar-refractivity contribution in [2.45, 2.75) is 4.90 Å². The van der Waals surface area contributed by atoms with Crippen molar-refractivity contribution in [1.29, 1.82) is 0 Å². The first kappa shape index (κ1) is 14.4. The number of halogens is 1. The molecule has 1 aromatic rings. The summed E-state index contributed by atoms with van der Waals surface area (Å²) < 4.78 is 31.5. The van der Waals surface area contributed by atoms with Gasteiger partial charge in [0.15, 0.2) is 0 Å². The van der Waals surface area contributed by atoms with Crippen LogP contribution in [0.2, 0.25) is 5.02 Å². The maximum absolute atomic E-state index is 10.5. The van der Waals surface area contributed by atoms with E-state index >= 15 is 0 Å². The molecule has 0 bridgehead atoms. The Kier molecular flexibility index (Phi) is 4.77. The van der Waals surface area contributed by atoms with Gasteiger partial charge in [-0.05, 0) is 12.1 Å². The van der Waals surface area contributed by atoms with Gasteiger partial charge in [0.25, 0.3) is 5.69 Å². The molecule has 0 aliphatic heterocycles. The van der Waals surface area contributed by atoms with Crippen molar-refractivity contribution in [3.63, 3.8) is 0 Å². The molecule has 0 heterocycles. The Hall–Kier alpha value is -0.583. The number of hydrogen-bond acceptors (Lipinski definition) is 5. The molecular formula is C6H3ClLiNO5S. The first-order valence-electron chi connectivity index (χ1n) is 3.22. The molecule has 0 atom stereocenters. The largest absolute Gasteiger partial charge is 1.00 e. The first-order chi connectivity index (χ1) is 6.32. The van der Waals surface area contributed by atoms with Crippen molar-refractivity contribution in [3.8, 4) is 0 Å². The first-order valence-corrected chi connectivity index (χ1v) is 5.01. The van der Waals surface area contributed by atoms with E-state index in [4.69, 9.17) is 11.6 Å². The van der Waals surface area contributed by atoms with Crippen LogP contribution in [-0.4, -0.2) is 17.9 Å². The second kappa shape index (κ2) is 4.96. The topological polar surface area (TPSA) is 100 Å². The van der Waals surface area contributed by atoms with Gasteiger partial charge in [0.1, 0.15) is 15.1 Å². The fourth-order valence-corrected chi connectivity index (χ4v) is 1.47. The van der Waals surface area contributed by atoms with Gasteiger partial charge in [0, 0.05) is 6.07 Å². The molecule has 0 aliphatic carbocycles. The minimum absolute atomic E-state index is 0. The van der Waals surface area contributed by atoms with Crippen LogP contribution in [0, 0.1) is 10.1 Å². The van der Waals surface area contributed by atoms with Gasteiger partial charge >= 0.3 is 18.9 Å². The number of nitro groups is 1. The van der Waals surface area contributed by atoms with Crippen molar-refractivity contribution in [2.75, 3.05) is 0 Å². The van der Waals surface area contributed by atoms with Gasteiger partial charge in [-0.15, -0.1) is 0 Å². The Morgan fingerprint density at radius 2 is 1.87 bits per heavy atom. The maximum atomic E-state index is 10.5. The zero-order valence-electron chi connectivity index (χ0n) is 7.51. The molecule has 0 fully saturated rings. The van der Waals surface area contributed by atoms with Crippen LogP contribution < -0.4 is 18.9 Å². The summed E-state index contributed by atoms with van der Waals surface area (Å²) in [5, 5.41) is 10.1. The summed E-state index contributed by atoms with van der Waals surface area (Å²) in [6.45, 7) is 0. The maximum Gasteiger partial charge on any atom is 1.00 e. The third-order valence-electron chi connectivity index (χ3n) is 1.40. The fourth-order valence-electron chi connectivity index (χ4n) is 0.788. The predicted octanol–water partition coefficient (Wildman–Crippen LogP) is -1.84. The third-order valence-corrected chi connectivity index (χ3v) is 2.55. The van der Waals surface area contributed by atoms with E-state index in [1.807, 2.05) is 0 Å². The van der Waals surface area contributed by atoms with Crippen LogP contribution in [0.25, 0.3) is 0 Å². The quantitative estimate of drug-likeness (QED) is 0.263. The molecule has 0 unspecified atom stereocenters. The zero-order valence-corrected chi connectivity index (χ0v) is 9.08. The minimum atomic E-state index is -4.69. The number of nitrogens with zero attached hydrogens (tertiary/aromatic N) is 1. The molecular weight excluding hydrogens is 241 g/mol. The molecule has 0 saturated carbocycles. The van der Waals surface area contributed by atoms with Crippen molar-refractivity contribution >= 4 is 27.4 Å². The molecule has 0 radical (unpaired) electrons. The summed E-state index contributed by atoms with van der Waals surface area (Å²) >= 11 is 5.40. The second-order valence-electron chi connectivity index (χ2n) is 2.32. The summed E-state index contributed by atoms with van der Waals surface area (Å²) in [7, 11) is -4.69. The van der Waals surface area contributed by atoms with Crippen molar-refractivity contribution in [3.05, 3.63) is 33.3 Å². The molecule has 0 amide bonds. The van der Waals surface area contributed by atoms with Gasteiger partial charge in [-0.1, -0.05) is 11.6 Å². The van der Waals surface area contributed by atoms with Crippen molar-refractivity contribution in [2.24, 2.45) is 0 Å². The molecule has 0 aliphatic rings. The van der Waals surface area contributed by atoms with E-state index < -0.39 is 25.6 Å². The Morgan fingerprint density at radius 1 is 1.33 bits per heavy atom. The molecule has 0 spiro atoms. The molecule has 0 N–H and O–H groups in total. The monoisotopic (exact) mass is 243 g/mol. The van der Waals surface area contributed by atoms with Crippen molar-refractivity contribution in [1.82, 2.24) is 0 Å². The Labute approximate surface area is 102 Å². The van der Waals surface area contributed by atoms with Crippen molar-refractivity contribution < 1.29 is 36.8 Å². The van der Waals surface area contributed by atoms with Crippen LogP contribution in [-0.2, 0) is 10.1 Å². The van der Waals surface area contributed by atoms with E-state index in [-0.39, 0.29) is 23.9 Å². The van der Waals surface area contributed by atoms with Crippen LogP contribution in [0.5, 0.6) is 0 Å². The Morgan fingerprint density at radius 3 is 2.27 bits per heavy atom. The Balaban J connectivity index is 0.00000196. The second-order valence-corrected chi connectivity index (χ2v) is 4.11. The minimum Gasteiger partial charge on any atom is -0.744 e. The number of nitro benzene ring substituents is 1. The van der Waals surface area contributed by atoms with Gasteiger partial charge in [-0.25, -0.2) is 8.42 Å². The smallest absolute Gasteiger partial charge is 0.744 e. The number of hydrogen-bond donors (Lipinski definition) is 0. The van der Waals surface area contributed by atoms with E-state index in [1.54, 1.807) is 0 Å². The average molecular weight is 244 g/mol. The SMILES string of the molecule is O=[N+]([O-])c1cc(S(=O)(=O)[O-])ccc1Cl.[Li+]. The number of benzene rings is 1. The molecule has 9 heteroatoms. The normalized spacial score (nSPS) is 10.5. The summed E-state index contributed by atoms with van der Waals surface area (Å²) in [5.74, 6) is 0. The van der Waals surface area contributed by atoms with Crippen LogP contribution in [0.3, 0.4) is 0 Å². The predicted molar refractivity (Wildman–Crippen MR) is 46.1 cm³/mol. The van der Waals surface area contributed by atoms with Gasteiger partial charge in [-0.2, -0.15) is 0 Å². The zero-order chi connectivity index (χ0) is 10.9. The molecule has 0 aromatic heterocycles. The fraction of sp³-hybridized carbons (Fsp3) is 0. The van der Waals surface area contributed by atoms with Crippen LogP contribution >= 0.6 is 11.6 Å². The summed E-state index contributed by atoms with van der Waals surface area (Å²) in [6, 6.07) is 2.53. The van der Waals surface area contributed by atoms with Gasteiger partial charge in [0.2, 0.25) is 0 Å². The van der Waals surface area contributed by atoms with E-state index in [1.165, 1.54) is 0 Å². The van der Waals surface area contributed by atoms with Gasteiger partial charge in [0.05, 0.1) is 9.82 Å². The van der Waals surface area contributed by atoms with Crippen LogP contribution in [0.4, 0.5) is 5.69 Å². The van der Waals surface area contributed by atoms with E-state index in [9.17, 15) is 23.1 Å². The summed E-state index contributed by atoms with van der Waals surface area (Å²) in [6.07, 6.45) is 0. The molecule has 0 saturated heterocycles.